The van der Waals surface area contributed by atoms with Gasteiger partial charge in [-0.3, -0.25) is 4.79 Å². The molecule has 1 aliphatic rings. The van der Waals surface area contributed by atoms with Crippen molar-refractivity contribution in [1.82, 2.24) is 10.3 Å². The average molecular weight is 370 g/mol. The van der Waals surface area contributed by atoms with Gasteiger partial charge in [0.15, 0.2) is 0 Å². The number of aromatic nitrogens is 1. The van der Waals surface area contributed by atoms with Gasteiger partial charge in [-0.2, -0.15) is 0 Å². The first-order valence-corrected chi connectivity index (χ1v) is 10.4. The molecule has 1 aromatic carbocycles. The molecule has 0 atom stereocenters. The zero-order chi connectivity index (χ0) is 18.5. The summed E-state index contributed by atoms with van der Waals surface area (Å²) in [4.78, 5) is 20.5. The van der Waals surface area contributed by atoms with Crippen LogP contribution >= 0.6 is 11.8 Å². The van der Waals surface area contributed by atoms with Crippen LogP contribution in [0.1, 0.15) is 41.3 Å². The van der Waals surface area contributed by atoms with Gasteiger partial charge in [0.1, 0.15) is 5.82 Å². The van der Waals surface area contributed by atoms with Crippen LogP contribution in [-0.2, 0) is 6.54 Å². The summed E-state index contributed by atoms with van der Waals surface area (Å²) in [7, 11) is 0. The summed E-state index contributed by atoms with van der Waals surface area (Å²) in [5.74, 6) is 1.82. The molecular formula is C21H27N3OS. The number of thioether (sulfide) groups is 1. The lowest BCUT2D eigenvalue weighted by atomic mass is 9.99. The highest BCUT2D eigenvalue weighted by molar-refractivity contribution is 7.98. The summed E-state index contributed by atoms with van der Waals surface area (Å²) in [5, 5.41) is 3.01. The molecule has 4 nitrogen and oxygen atoms in total. The fraction of sp³-hybridized carbons (Fsp3) is 0.429. The maximum absolute atomic E-state index is 12.5. The third kappa shape index (κ3) is 4.58. The minimum atomic E-state index is -0.0347. The first-order valence-electron chi connectivity index (χ1n) is 9.19. The number of hydrogen-bond donors (Lipinski definition) is 1. The van der Waals surface area contributed by atoms with Crippen molar-refractivity contribution >= 4 is 23.5 Å². The molecule has 26 heavy (non-hydrogen) atoms. The summed E-state index contributed by atoms with van der Waals surface area (Å²) < 4.78 is 0. The van der Waals surface area contributed by atoms with E-state index in [4.69, 9.17) is 0 Å². The Kier molecular flexibility index (Phi) is 6.20. The minimum Gasteiger partial charge on any atom is -0.357 e. The van der Waals surface area contributed by atoms with Crippen molar-refractivity contribution < 1.29 is 4.79 Å². The molecule has 138 valence electrons. The molecule has 1 aromatic heterocycles. The van der Waals surface area contributed by atoms with Crippen LogP contribution in [0.15, 0.2) is 41.4 Å². The van der Waals surface area contributed by atoms with Crippen LogP contribution in [0, 0.1) is 12.8 Å². The van der Waals surface area contributed by atoms with Crippen molar-refractivity contribution in [2.75, 3.05) is 24.2 Å². The zero-order valence-electron chi connectivity index (χ0n) is 15.8. The van der Waals surface area contributed by atoms with Crippen LogP contribution in [0.3, 0.4) is 0 Å². The number of nitrogens with one attached hydrogen (secondary N) is 1. The van der Waals surface area contributed by atoms with Gasteiger partial charge in [0, 0.05) is 36.3 Å². The maximum atomic E-state index is 12.5. The summed E-state index contributed by atoms with van der Waals surface area (Å²) in [6.07, 6.45) is 6.35. The number of nitrogens with zero attached hydrogens (tertiary/aromatic N) is 2. The lowest BCUT2D eigenvalue weighted by Crippen LogP contribution is -2.33. The standard InChI is InChI=1S/C21H27N3OS/c1-15-8-10-24(11-9-15)20-7-5-17(13-22-20)14-23-21(25)19-12-18(26-3)6-4-16(19)2/h4-7,12-13,15H,8-11,14H2,1-3H3,(H,23,25). The SMILES string of the molecule is CSc1ccc(C)c(C(=O)NCc2ccc(N3CCC(C)CC3)nc2)c1. The number of anilines is 1. The summed E-state index contributed by atoms with van der Waals surface area (Å²) in [5.41, 5.74) is 2.75. The number of carbonyl (C=O) groups is 1. The monoisotopic (exact) mass is 369 g/mol. The van der Waals surface area contributed by atoms with Crippen molar-refractivity contribution in [1.29, 1.82) is 0 Å². The van der Waals surface area contributed by atoms with Crippen LogP contribution < -0.4 is 10.2 Å². The van der Waals surface area contributed by atoms with Crippen molar-refractivity contribution in [3.8, 4) is 0 Å². The third-order valence-electron chi connectivity index (χ3n) is 5.06. The number of rotatable bonds is 5. The lowest BCUT2D eigenvalue weighted by molar-refractivity contribution is 0.0950. The molecule has 1 amide bonds. The van der Waals surface area contributed by atoms with Crippen LogP contribution in [0.25, 0.3) is 0 Å². The van der Waals surface area contributed by atoms with Crippen molar-refractivity contribution in [3.63, 3.8) is 0 Å². The number of pyridine rings is 1. The molecule has 0 radical (unpaired) electrons. The number of aryl methyl sites for hydroxylation is 1. The Labute approximate surface area is 160 Å². The quantitative estimate of drug-likeness (QED) is 0.799. The lowest BCUT2D eigenvalue weighted by Gasteiger charge is -2.31. The minimum absolute atomic E-state index is 0.0347. The predicted molar refractivity (Wildman–Crippen MR) is 109 cm³/mol. The Bertz CT molecular complexity index is 752. The summed E-state index contributed by atoms with van der Waals surface area (Å²) >= 11 is 1.64. The van der Waals surface area contributed by atoms with E-state index in [1.54, 1.807) is 11.8 Å². The number of hydrogen-bond acceptors (Lipinski definition) is 4. The van der Waals surface area contributed by atoms with Gasteiger partial charge in [-0.1, -0.05) is 19.1 Å². The molecule has 5 heteroatoms. The Balaban J connectivity index is 1.59. The van der Waals surface area contributed by atoms with E-state index in [1.807, 2.05) is 37.6 Å². The second-order valence-corrected chi connectivity index (χ2v) is 7.94. The van der Waals surface area contributed by atoms with E-state index in [2.05, 4.69) is 34.3 Å². The van der Waals surface area contributed by atoms with Crippen molar-refractivity contribution in [2.45, 2.75) is 38.1 Å². The summed E-state index contributed by atoms with van der Waals surface area (Å²) in [6, 6.07) is 10.1. The van der Waals surface area contributed by atoms with Gasteiger partial charge in [0.2, 0.25) is 0 Å². The molecule has 0 bridgehead atoms. The number of piperidine rings is 1. The van der Waals surface area contributed by atoms with E-state index in [0.29, 0.717) is 6.54 Å². The van der Waals surface area contributed by atoms with Gasteiger partial charge in [-0.05, 0) is 61.3 Å². The molecule has 0 saturated carbocycles. The topological polar surface area (TPSA) is 45.2 Å². The van der Waals surface area contributed by atoms with Gasteiger partial charge in [0.25, 0.3) is 5.91 Å². The van der Waals surface area contributed by atoms with Gasteiger partial charge >= 0.3 is 0 Å². The second-order valence-electron chi connectivity index (χ2n) is 7.06. The summed E-state index contributed by atoms with van der Waals surface area (Å²) in [6.45, 7) is 6.93. The normalized spacial score (nSPS) is 15.1. The smallest absolute Gasteiger partial charge is 0.251 e. The average Bonchev–Trinajstić information content (AvgIpc) is 2.67. The Morgan fingerprint density at radius 3 is 2.69 bits per heavy atom. The zero-order valence-corrected chi connectivity index (χ0v) is 16.6. The highest BCUT2D eigenvalue weighted by Gasteiger charge is 2.16. The van der Waals surface area contributed by atoms with Crippen LogP contribution in [0.4, 0.5) is 5.82 Å². The van der Waals surface area contributed by atoms with E-state index < -0.39 is 0 Å². The van der Waals surface area contributed by atoms with Crippen LogP contribution in [-0.4, -0.2) is 30.2 Å². The number of amides is 1. The van der Waals surface area contributed by atoms with E-state index in [9.17, 15) is 4.79 Å². The molecule has 0 spiro atoms. The molecular weight excluding hydrogens is 342 g/mol. The molecule has 1 N–H and O–H groups in total. The Hall–Kier alpha value is -2.01. The fourth-order valence-electron chi connectivity index (χ4n) is 3.20. The van der Waals surface area contributed by atoms with Gasteiger partial charge in [-0.15, -0.1) is 11.8 Å². The molecule has 1 fully saturated rings. The third-order valence-corrected chi connectivity index (χ3v) is 5.78. The molecule has 2 heterocycles. The molecule has 1 aliphatic heterocycles. The van der Waals surface area contributed by atoms with E-state index in [-0.39, 0.29) is 5.91 Å². The fourth-order valence-corrected chi connectivity index (χ4v) is 3.64. The Morgan fingerprint density at radius 1 is 1.27 bits per heavy atom. The van der Waals surface area contributed by atoms with Crippen LogP contribution in [0.5, 0.6) is 0 Å². The molecule has 0 unspecified atom stereocenters. The van der Waals surface area contributed by atoms with Gasteiger partial charge < -0.3 is 10.2 Å². The van der Waals surface area contributed by atoms with E-state index >= 15 is 0 Å². The molecule has 2 aromatic rings. The maximum Gasteiger partial charge on any atom is 0.251 e. The van der Waals surface area contributed by atoms with E-state index in [0.717, 1.165) is 46.4 Å². The van der Waals surface area contributed by atoms with Crippen LogP contribution in [0.2, 0.25) is 0 Å². The first kappa shape index (κ1) is 18.8. The molecule has 0 aliphatic carbocycles. The molecule has 3 rings (SSSR count). The second kappa shape index (κ2) is 8.58. The highest BCUT2D eigenvalue weighted by Crippen LogP contribution is 2.22. The van der Waals surface area contributed by atoms with E-state index in [1.165, 1.54) is 12.8 Å². The number of benzene rings is 1. The van der Waals surface area contributed by atoms with Crippen molar-refractivity contribution in [2.24, 2.45) is 5.92 Å². The molecule has 1 saturated heterocycles. The predicted octanol–water partition coefficient (Wildman–Crippen LogP) is 4.28. The first-order chi connectivity index (χ1) is 12.6. The van der Waals surface area contributed by atoms with Crippen molar-refractivity contribution in [3.05, 3.63) is 53.2 Å². The Morgan fingerprint density at radius 2 is 2.04 bits per heavy atom. The number of carbonyl (C=O) groups excluding carboxylic acids is 1. The van der Waals surface area contributed by atoms with Gasteiger partial charge in [0.05, 0.1) is 0 Å². The van der Waals surface area contributed by atoms with Gasteiger partial charge in [-0.25, -0.2) is 4.98 Å². The highest BCUT2D eigenvalue weighted by atomic mass is 32.2. The largest absolute Gasteiger partial charge is 0.357 e.